The molecule has 0 saturated heterocycles. The molecule has 5 heteroatoms. The number of fused-ring (bicyclic) bond motifs is 1. The van der Waals surface area contributed by atoms with Gasteiger partial charge in [0.15, 0.2) is 0 Å². The molecular weight excluding hydrogens is 320 g/mol. The van der Waals surface area contributed by atoms with Crippen LogP contribution in [0.2, 0.25) is 0 Å². The molecule has 2 aromatic carbocycles. The maximum absolute atomic E-state index is 12.3. The van der Waals surface area contributed by atoms with E-state index in [1.54, 1.807) is 0 Å². The largest absolute Gasteiger partial charge is 0.417 e. The van der Waals surface area contributed by atoms with Crippen LogP contribution in [-0.4, -0.2) is 30.9 Å². The summed E-state index contributed by atoms with van der Waals surface area (Å²) in [5.74, 6) is 0.617. The molecule has 0 bridgehead atoms. The van der Waals surface area contributed by atoms with E-state index in [4.69, 9.17) is 4.74 Å². The first-order valence-electron chi connectivity index (χ1n) is 7.96. The lowest BCUT2D eigenvalue weighted by Gasteiger charge is -2.09. The molecule has 124 valence electrons. The van der Waals surface area contributed by atoms with Gasteiger partial charge >= 0.3 is 5.30 Å². The second-order valence-electron chi connectivity index (χ2n) is 5.97. The first kappa shape index (κ1) is 16.6. The van der Waals surface area contributed by atoms with Crippen LogP contribution < -0.4 is 9.64 Å². The number of carbonyl (C=O) groups excluding carboxylic acids is 1. The molecule has 3 rings (SSSR count). The number of hydrogen-bond acceptors (Lipinski definition) is 3. The minimum atomic E-state index is -0.320. The van der Waals surface area contributed by atoms with E-state index in [2.05, 4.69) is 19.1 Å². The first-order chi connectivity index (χ1) is 11.6. The van der Waals surface area contributed by atoms with Crippen molar-refractivity contribution < 1.29 is 14.4 Å². The highest BCUT2D eigenvalue weighted by Gasteiger charge is 2.14. The van der Waals surface area contributed by atoms with E-state index in [9.17, 15) is 4.79 Å². The minimum absolute atomic E-state index is 0.320. The predicted molar refractivity (Wildman–Crippen MR) is 98.0 cm³/mol. The number of quaternary nitrogens is 1. The van der Waals surface area contributed by atoms with Gasteiger partial charge in [0.25, 0.3) is 0 Å². The number of carbonyl (C=O) groups is 1. The number of rotatable bonds is 5. The Balaban J connectivity index is 1.80. The number of benzene rings is 2. The normalized spacial score (nSPS) is 11.1. The lowest BCUT2D eigenvalue weighted by Crippen LogP contribution is -3.05. The molecule has 0 aliphatic heterocycles. The van der Waals surface area contributed by atoms with Crippen molar-refractivity contribution in [1.29, 1.82) is 0 Å². The number of hydrogen-bond donors (Lipinski definition) is 2. The van der Waals surface area contributed by atoms with Gasteiger partial charge < -0.3 is 14.6 Å². The summed E-state index contributed by atoms with van der Waals surface area (Å²) in [5.41, 5.74) is 2.17. The van der Waals surface area contributed by atoms with Crippen molar-refractivity contribution in [1.82, 2.24) is 4.98 Å². The van der Waals surface area contributed by atoms with E-state index in [1.165, 1.54) is 10.5 Å². The van der Waals surface area contributed by atoms with E-state index in [0.29, 0.717) is 5.75 Å². The highest BCUT2D eigenvalue weighted by Crippen LogP contribution is 2.31. The Labute approximate surface area is 145 Å². The maximum atomic E-state index is 12.3. The van der Waals surface area contributed by atoms with Crippen molar-refractivity contribution in [3.63, 3.8) is 0 Å². The van der Waals surface area contributed by atoms with Gasteiger partial charge in [-0.05, 0) is 41.6 Å². The predicted octanol–water partition coefficient (Wildman–Crippen LogP) is 3.15. The van der Waals surface area contributed by atoms with Crippen LogP contribution in [0, 0.1) is 0 Å². The molecule has 1 aromatic heterocycles. The van der Waals surface area contributed by atoms with Crippen LogP contribution >= 0.6 is 11.8 Å². The maximum Gasteiger partial charge on any atom is 0.377 e. The number of H-pyrrole nitrogens is 1. The molecule has 0 unspecified atom stereocenters. The number of ether oxygens (including phenoxy) is 1. The summed E-state index contributed by atoms with van der Waals surface area (Å²) in [6.45, 7) is 1.02. The Morgan fingerprint density at radius 2 is 1.92 bits per heavy atom. The number of aromatic amines is 1. The van der Waals surface area contributed by atoms with Crippen LogP contribution in [0.15, 0.2) is 59.6 Å². The van der Waals surface area contributed by atoms with Gasteiger partial charge in [-0.25, -0.2) is 4.79 Å². The number of thioether (sulfide) groups is 1. The highest BCUT2D eigenvalue weighted by molar-refractivity contribution is 8.13. The van der Waals surface area contributed by atoms with Gasteiger partial charge in [0.1, 0.15) is 5.75 Å². The number of nitrogens with one attached hydrogen (secondary N) is 2. The topological polar surface area (TPSA) is 46.5 Å². The Morgan fingerprint density at radius 3 is 2.67 bits per heavy atom. The van der Waals surface area contributed by atoms with Crippen LogP contribution in [0.25, 0.3) is 10.9 Å². The lowest BCUT2D eigenvalue weighted by atomic mass is 10.1. The van der Waals surface area contributed by atoms with E-state index in [1.807, 2.05) is 54.7 Å². The molecule has 3 aromatic rings. The molecule has 4 nitrogen and oxygen atoms in total. The highest BCUT2D eigenvalue weighted by atomic mass is 32.2. The van der Waals surface area contributed by atoms with Gasteiger partial charge in [-0.1, -0.05) is 24.3 Å². The summed E-state index contributed by atoms with van der Waals surface area (Å²) in [4.78, 5) is 17.8. The average molecular weight is 341 g/mol. The third kappa shape index (κ3) is 3.99. The van der Waals surface area contributed by atoms with Crippen molar-refractivity contribution in [3.05, 3.63) is 60.3 Å². The van der Waals surface area contributed by atoms with Crippen LogP contribution in [0.3, 0.4) is 0 Å². The molecule has 0 saturated carbocycles. The van der Waals surface area contributed by atoms with Crippen molar-refractivity contribution in [2.75, 3.05) is 20.6 Å². The molecule has 0 spiro atoms. The quantitative estimate of drug-likeness (QED) is 0.554. The third-order valence-corrected chi connectivity index (χ3v) is 4.54. The van der Waals surface area contributed by atoms with Gasteiger partial charge in [-0.2, -0.15) is 0 Å². The Bertz CT molecular complexity index is 828. The summed E-state index contributed by atoms with van der Waals surface area (Å²) >= 11 is 1.10. The fourth-order valence-electron chi connectivity index (χ4n) is 2.58. The van der Waals surface area contributed by atoms with E-state index in [0.717, 1.165) is 40.5 Å². The first-order valence-corrected chi connectivity index (χ1v) is 8.78. The molecule has 24 heavy (non-hydrogen) atoms. The fourth-order valence-corrected chi connectivity index (χ4v) is 3.20. The standard InChI is InChI=1S/C19H20N2O2S/c1-21(2)12-11-14-13-20-16-9-6-10-17(18(14)16)23-19(22)24-15-7-4-3-5-8-15/h3-10,13,20H,11-12H2,1-2H3/p+1. The van der Waals surface area contributed by atoms with Crippen LogP contribution in [0.1, 0.15) is 5.56 Å². The second-order valence-corrected chi connectivity index (χ2v) is 6.98. The third-order valence-electron chi connectivity index (χ3n) is 3.78. The summed E-state index contributed by atoms with van der Waals surface area (Å²) < 4.78 is 5.63. The minimum Gasteiger partial charge on any atom is -0.417 e. The van der Waals surface area contributed by atoms with Gasteiger partial charge in [0.2, 0.25) is 0 Å². The molecule has 2 N–H and O–H groups in total. The molecule has 0 amide bonds. The Hall–Kier alpha value is -2.24. The number of likely N-dealkylation sites (N-methyl/N-ethyl adjacent to an activating group) is 1. The van der Waals surface area contributed by atoms with Crippen molar-refractivity contribution in [2.24, 2.45) is 0 Å². The Kier molecular flexibility index (Phi) is 5.23. The fraction of sp³-hybridized carbons (Fsp3) is 0.211. The summed E-state index contributed by atoms with van der Waals surface area (Å²) in [7, 11) is 4.26. The van der Waals surface area contributed by atoms with Gasteiger partial charge in [-0.3, -0.25) is 0 Å². The summed E-state index contributed by atoms with van der Waals surface area (Å²) in [6, 6.07) is 15.3. The average Bonchev–Trinajstić information content (AvgIpc) is 2.98. The molecule has 0 aliphatic rings. The second kappa shape index (κ2) is 7.55. The van der Waals surface area contributed by atoms with Gasteiger partial charge in [0.05, 0.1) is 20.6 Å². The zero-order chi connectivity index (χ0) is 16.9. The summed E-state index contributed by atoms with van der Waals surface area (Å²) in [6.07, 6.45) is 2.94. The Morgan fingerprint density at radius 1 is 1.12 bits per heavy atom. The molecule has 0 radical (unpaired) electrons. The number of aromatic nitrogens is 1. The molecule has 0 aliphatic carbocycles. The molecule has 0 fully saturated rings. The van der Waals surface area contributed by atoms with Crippen molar-refractivity contribution in [3.8, 4) is 5.75 Å². The molecule has 1 heterocycles. The lowest BCUT2D eigenvalue weighted by molar-refractivity contribution is -0.858. The van der Waals surface area contributed by atoms with Gasteiger partial charge in [-0.15, -0.1) is 0 Å². The van der Waals surface area contributed by atoms with Crippen LogP contribution in [-0.2, 0) is 6.42 Å². The van der Waals surface area contributed by atoms with E-state index < -0.39 is 0 Å². The van der Waals surface area contributed by atoms with Crippen molar-refractivity contribution in [2.45, 2.75) is 11.3 Å². The van der Waals surface area contributed by atoms with Crippen molar-refractivity contribution >= 4 is 28.0 Å². The zero-order valence-electron chi connectivity index (χ0n) is 13.8. The van der Waals surface area contributed by atoms with Crippen LogP contribution in [0.4, 0.5) is 4.79 Å². The zero-order valence-corrected chi connectivity index (χ0v) is 14.7. The van der Waals surface area contributed by atoms with E-state index in [-0.39, 0.29) is 5.30 Å². The van der Waals surface area contributed by atoms with Gasteiger partial charge in [0, 0.05) is 28.4 Å². The molecular formula is C19H21N2O2S+. The smallest absolute Gasteiger partial charge is 0.377 e. The summed E-state index contributed by atoms with van der Waals surface area (Å²) in [5, 5.41) is 0.680. The molecule has 0 atom stereocenters. The van der Waals surface area contributed by atoms with E-state index >= 15 is 0 Å². The monoisotopic (exact) mass is 341 g/mol. The SMILES string of the molecule is C[NH+](C)CCc1c[nH]c2cccc(OC(=O)Sc3ccccc3)c12. The van der Waals surface area contributed by atoms with Crippen LogP contribution in [0.5, 0.6) is 5.75 Å².